The van der Waals surface area contributed by atoms with Crippen LogP contribution in [0.25, 0.3) is 0 Å². The van der Waals surface area contributed by atoms with Gasteiger partial charge in [-0.05, 0) is 50.5 Å². The largest absolute Gasteiger partial charge is 0.497 e. The van der Waals surface area contributed by atoms with Crippen molar-refractivity contribution in [2.24, 2.45) is 0 Å². The van der Waals surface area contributed by atoms with Gasteiger partial charge < -0.3 is 19.9 Å². The summed E-state index contributed by atoms with van der Waals surface area (Å²) < 4.78 is 10.5. The molecule has 0 radical (unpaired) electrons. The van der Waals surface area contributed by atoms with Crippen LogP contribution in [-0.2, 0) is 4.79 Å². The molecule has 0 aliphatic heterocycles. The minimum Gasteiger partial charge on any atom is -0.497 e. The number of nitrogens with one attached hydrogen (secondary N) is 1. The second-order valence-corrected chi connectivity index (χ2v) is 6.48. The summed E-state index contributed by atoms with van der Waals surface area (Å²) in [6, 6.07) is 9.33. The fourth-order valence-corrected chi connectivity index (χ4v) is 3.10. The summed E-state index contributed by atoms with van der Waals surface area (Å²) in [6.07, 6.45) is -0.275. The average Bonchev–Trinajstić information content (AvgIpc) is 2.62. The van der Waals surface area contributed by atoms with E-state index in [1.165, 1.54) is 5.56 Å². The highest BCUT2D eigenvalue weighted by atomic mass is 16.5. The van der Waals surface area contributed by atoms with E-state index >= 15 is 0 Å². The Morgan fingerprint density at radius 3 is 2.31 bits per heavy atom. The third-order valence-electron chi connectivity index (χ3n) is 4.39. The number of aliphatic hydroxyl groups is 1. The maximum absolute atomic E-state index is 12.3. The summed E-state index contributed by atoms with van der Waals surface area (Å²) in [6.45, 7) is 5.99. The van der Waals surface area contributed by atoms with Crippen molar-refractivity contribution in [3.8, 4) is 11.5 Å². The number of carbonyl (C=O) groups is 1. The summed E-state index contributed by atoms with van der Waals surface area (Å²) in [5, 5.41) is 13.4. The van der Waals surface area contributed by atoms with Crippen LogP contribution in [0.1, 0.15) is 41.2 Å². The maximum atomic E-state index is 12.3. The minimum atomic E-state index is -0.790. The lowest BCUT2D eigenvalue weighted by Crippen LogP contribution is -2.15. The van der Waals surface area contributed by atoms with Gasteiger partial charge >= 0.3 is 0 Å². The van der Waals surface area contributed by atoms with Crippen molar-refractivity contribution in [3.05, 3.63) is 52.6 Å². The number of ether oxygens (including phenoxy) is 2. The van der Waals surface area contributed by atoms with Gasteiger partial charge in [0.25, 0.3) is 0 Å². The molecule has 5 heteroatoms. The maximum Gasteiger partial charge on any atom is 0.224 e. The van der Waals surface area contributed by atoms with Crippen LogP contribution in [0, 0.1) is 20.8 Å². The highest BCUT2D eigenvalue weighted by molar-refractivity contribution is 5.92. The number of amides is 1. The van der Waals surface area contributed by atoms with Crippen LogP contribution in [-0.4, -0.2) is 25.2 Å². The number of aryl methyl sites for hydroxylation is 3. The number of hydrogen-bond donors (Lipinski definition) is 2. The van der Waals surface area contributed by atoms with E-state index < -0.39 is 6.10 Å². The molecular weight excluding hydrogens is 330 g/mol. The van der Waals surface area contributed by atoms with E-state index in [9.17, 15) is 9.90 Å². The van der Waals surface area contributed by atoms with Gasteiger partial charge in [0.15, 0.2) is 0 Å². The fraction of sp³-hybridized carbons (Fsp3) is 0.381. The van der Waals surface area contributed by atoms with Crippen molar-refractivity contribution < 1.29 is 19.4 Å². The number of hydrogen-bond acceptors (Lipinski definition) is 4. The Morgan fingerprint density at radius 2 is 1.73 bits per heavy atom. The van der Waals surface area contributed by atoms with Crippen LogP contribution in [0.4, 0.5) is 5.69 Å². The van der Waals surface area contributed by atoms with E-state index in [0.717, 1.165) is 16.8 Å². The first kappa shape index (κ1) is 19.8. The zero-order valence-electron chi connectivity index (χ0n) is 16.1. The lowest BCUT2D eigenvalue weighted by atomic mass is 10.0. The predicted molar refractivity (Wildman–Crippen MR) is 103 cm³/mol. The van der Waals surface area contributed by atoms with Crippen molar-refractivity contribution in [1.82, 2.24) is 0 Å². The van der Waals surface area contributed by atoms with Gasteiger partial charge in [-0.3, -0.25) is 4.79 Å². The molecule has 2 N–H and O–H groups in total. The monoisotopic (exact) mass is 357 g/mol. The van der Waals surface area contributed by atoms with Gasteiger partial charge in [0.1, 0.15) is 11.5 Å². The van der Waals surface area contributed by atoms with Crippen molar-refractivity contribution in [2.45, 2.75) is 39.7 Å². The molecule has 0 heterocycles. The number of aliphatic hydroxyl groups excluding tert-OH is 1. The third kappa shape index (κ3) is 4.76. The molecule has 0 saturated heterocycles. The Kier molecular flexibility index (Phi) is 6.64. The molecule has 5 nitrogen and oxygen atoms in total. The van der Waals surface area contributed by atoms with E-state index in [1.807, 2.05) is 32.9 Å². The molecule has 2 aromatic rings. The van der Waals surface area contributed by atoms with E-state index in [2.05, 4.69) is 5.32 Å². The van der Waals surface area contributed by atoms with Gasteiger partial charge in [-0.25, -0.2) is 0 Å². The first-order valence-corrected chi connectivity index (χ1v) is 8.63. The van der Waals surface area contributed by atoms with Crippen LogP contribution < -0.4 is 14.8 Å². The molecule has 1 atom stereocenters. The molecule has 140 valence electrons. The number of methoxy groups -OCH3 is 2. The Balaban J connectivity index is 2.01. The molecule has 1 amide bonds. The Morgan fingerprint density at radius 1 is 1.08 bits per heavy atom. The zero-order valence-corrected chi connectivity index (χ0v) is 16.1. The Labute approximate surface area is 155 Å². The van der Waals surface area contributed by atoms with Crippen molar-refractivity contribution >= 4 is 11.6 Å². The number of carbonyl (C=O) groups excluding carboxylic acids is 1. The standard InChI is InChI=1S/C21H27NO4/c1-13-10-14(2)21(15(3)11-13)22-20(24)9-8-18(23)17-7-6-16(25-4)12-19(17)26-5/h6-7,10-12,18,23H,8-9H2,1-5H3,(H,22,24). The molecule has 0 aliphatic carbocycles. The first-order valence-electron chi connectivity index (χ1n) is 8.63. The molecule has 0 saturated carbocycles. The van der Waals surface area contributed by atoms with Crippen molar-refractivity contribution in [1.29, 1.82) is 0 Å². The van der Waals surface area contributed by atoms with Gasteiger partial charge in [-0.1, -0.05) is 17.7 Å². The van der Waals surface area contributed by atoms with E-state index in [4.69, 9.17) is 9.47 Å². The van der Waals surface area contributed by atoms with Crippen molar-refractivity contribution in [3.63, 3.8) is 0 Å². The Hall–Kier alpha value is -2.53. The second-order valence-electron chi connectivity index (χ2n) is 6.48. The van der Waals surface area contributed by atoms with Crippen LogP contribution >= 0.6 is 0 Å². The summed E-state index contributed by atoms with van der Waals surface area (Å²) in [7, 11) is 3.12. The number of benzene rings is 2. The lowest BCUT2D eigenvalue weighted by Gasteiger charge is -2.16. The van der Waals surface area contributed by atoms with Gasteiger partial charge in [-0.15, -0.1) is 0 Å². The molecule has 26 heavy (non-hydrogen) atoms. The smallest absolute Gasteiger partial charge is 0.224 e. The highest BCUT2D eigenvalue weighted by Gasteiger charge is 2.16. The summed E-state index contributed by atoms with van der Waals surface area (Å²) in [4.78, 5) is 12.3. The van der Waals surface area contributed by atoms with E-state index in [-0.39, 0.29) is 12.3 Å². The zero-order chi connectivity index (χ0) is 19.3. The van der Waals surface area contributed by atoms with Gasteiger partial charge in [0.05, 0.1) is 20.3 Å². The molecular formula is C21H27NO4. The average molecular weight is 357 g/mol. The van der Waals surface area contributed by atoms with Crippen molar-refractivity contribution in [2.75, 3.05) is 19.5 Å². The van der Waals surface area contributed by atoms with Crippen LogP contribution in [0.3, 0.4) is 0 Å². The van der Waals surface area contributed by atoms with E-state index in [1.54, 1.807) is 32.4 Å². The normalized spacial score (nSPS) is 11.8. The topological polar surface area (TPSA) is 67.8 Å². The summed E-state index contributed by atoms with van der Waals surface area (Å²) >= 11 is 0. The quantitative estimate of drug-likeness (QED) is 0.783. The minimum absolute atomic E-state index is 0.119. The highest BCUT2D eigenvalue weighted by Crippen LogP contribution is 2.31. The lowest BCUT2D eigenvalue weighted by molar-refractivity contribution is -0.116. The molecule has 2 aromatic carbocycles. The summed E-state index contributed by atoms with van der Waals surface area (Å²) in [5.74, 6) is 1.08. The number of anilines is 1. The van der Waals surface area contributed by atoms with Gasteiger partial charge in [0, 0.05) is 23.7 Å². The van der Waals surface area contributed by atoms with E-state index in [0.29, 0.717) is 23.5 Å². The van der Waals surface area contributed by atoms with Crippen LogP contribution in [0.5, 0.6) is 11.5 Å². The second kappa shape index (κ2) is 8.72. The molecule has 0 aliphatic rings. The molecule has 0 fully saturated rings. The first-order chi connectivity index (χ1) is 12.3. The number of rotatable bonds is 7. The molecule has 2 rings (SSSR count). The van der Waals surface area contributed by atoms with Crippen LogP contribution in [0.15, 0.2) is 30.3 Å². The van der Waals surface area contributed by atoms with Gasteiger partial charge in [-0.2, -0.15) is 0 Å². The third-order valence-corrected chi connectivity index (χ3v) is 4.39. The SMILES string of the molecule is COc1ccc(C(O)CCC(=O)Nc2c(C)cc(C)cc2C)c(OC)c1. The van der Waals surface area contributed by atoms with Crippen LogP contribution in [0.2, 0.25) is 0 Å². The predicted octanol–water partition coefficient (Wildman–Crippen LogP) is 4.08. The Bertz CT molecular complexity index is 763. The fourth-order valence-electron chi connectivity index (χ4n) is 3.10. The summed E-state index contributed by atoms with van der Waals surface area (Å²) in [5.41, 5.74) is 4.72. The molecule has 1 unspecified atom stereocenters. The van der Waals surface area contributed by atoms with Gasteiger partial charge in [0.2, 0.25) is 5.91 Å². The molecule has 0 aromatic heterocycles. The molecule has 0 bridgehead atoms. The molecule has 0 spiro atoms.